The maximum absolute atomic E-state index is 6.58. The van der Waals surface area contributed by atoms with Crippen LogP contribution >= 0.6 is 0 Å². The van der Waals surface area contributed by atoms with Crippen LogP contribution < -0.4 is 0 Å². The van der Waals surface area contributed by atoms with E-state index in [2.05, 4.69) is 180 Å². The predicted molar refractivity (Wildman–Crippen MR) is 254 cm³/mol. The molecule has 0 saturated carbocycles. The lowest BCUT2D eigenvalue weighted by molar-refractivity contribution is 0.669. The molecule has 0 saturated heterocycles. The number of fused-ring (bicyclic) bond motifs is 6. The Bertz CT molecular complexity index is 3560. The first-order chi connectivity index (χ1) is 30.7. The van der Waals surface area contributed by atoms with Crippen LogP contribution in [0.15, 0.2) is 223 Å². The molecule has 5 nitrogen and oxygen atoms in total. The van der Waals surface area contributed by atoms with Crippen LogP contribution in [0.2, 0.25) is 0 Å². The maximum atomic E-state index is 6.58. The minimum atomic E-state index is 0.574. The molecule has 62 heavy (non-hydrogen) atoms. The largest absolute Gasteiger partial charge is 0.456 e. The third kappa shape index (κ3) is 6.23. The molecule has 12 aromatic rings. The molecule has 290 valence electrons. The minimum absolute atomic E-state index is 0.574. The van der Waals surface area contributed by atoms with Crippen molar-refractivity contribution in [2.45, 2.75) is 0 Å². The first-order valence-electron chi connectivity index (χ1n) is 20.8. The predicted octanol–water partition coefficient (Wildman–Crippen LogP) is 14.9. The van der Waals surface area contributed by atoms with Crippen LogP contribution in [-0.4, -0.2) is 19.5 Å². The van der Waals surface area contributed by atoms with Crippen molar-refractivity contribution in [2.75, 3.05) is 0 Å². The standard InChI is InChI=1S/C57H36N4O/c1-5-15-37(16-6-1)43-31-44(38-17-7-2-8-18-38)33-45(32-43)57-59-55(39-19-9-3-10-20-39)58-56(60-57)42-26-29-49-50-34-40(27-30-53(50)62-54(49)36-42)41-25-28-48-47-23-13-14-24-51(47)61(52(48)35-41)46-21-11-4-12-22-46/h1-36H. The van der Waals surface area contributed by atoms with Crippen molar-refractivity contribution in [3.63, 3.8) is 0 Å². The Morgan fingerprint density at radius 1 is 0.274 bits per heavy atom. The van der Waals surface area contributed by atoms with Gasteiger partial charge in [-0.05, 0) is 100 Å². The Morgan fingerprint density at radius 3 is 1.47 bits per heavy atom. The van der Waals surface area contributed by atoms with E-state index < -0.39 is 0 Å². The third-order valence-electron chi connectivity index (χ3n) is 11.8. The van der Waals surface area contributed by atoms with Gasteiger partial charge in [0.2, 0.25) is 0 Å². The van der Waals surface area contributed by atoms with Gasteiger partial charge in [0.15, 0.2) is 17.5 Å². The van der Waals surface area contributed by atoms with Gasteiger partial charge in [-0.2, -0.15) is 0 Å². The van der Waals surface area contributed by atoms with Gasteiger partial charge in [0.1, 0.15) is 11.2 Å². The van der Waals surface area contributed by atoms with Crippen LogP contribution in [0.25, 0.3) is 117 Å². The van der Waals surface area contributed by atoms with Crippen molar-refractivity contribution in [3.8, 4) is 73.2 Å². The number of aromatic nitrogens is 4. The van der Waals surface area contributed by atoms with Crippen LogP contribution in [0.3, 0.4) is 0 Å². The summed E-state index contributed by atoms with van der Waals surface area (Å²) < 4.78 is 8.94. The Kier molecular flexibility index (Phi) is 8.42. The second kappa shape index (κ2) is 14.7. The molecule has 3 aromatic heterocycles. The Labute approximate surface area is 357 Å². The molecule has 0 amide bonds. The molecule has 0 aliphatic carbocycles. The molecule has 0 N–H and O–H groups in total. The van der Waals surface area contributed by atoms with E-state index in [1.165, 1.54) is 21.8 Å². The summed E-state index contributed by atoms with van der Waals surface area (Å²) in [6.07, 6.45) is 0. The number of para-hydroxylation sites is 2. The number of hydrogen-bond donors (Lipinski definition) is 0. The molecule has 0 aliphatic rings. The molecule has 0 radical (unpaired) electrons. The second-order valence-electron chi connectivity index (χ2n) is 15.6. The highest BCUT2D eigenvalue weighted by atomic mass is 16.3. The van der Waals surface area contributed by atoms with Crippen LogP contribution in [0.1, 0.15) is 0 Å². The van der Waals surface area contributed by atoms with Gasteiger partial charge in [0.05, 0.1) is 11.0 Å². The molecular weight excluding hydrogens is 757 g/mol. The van der Waals surface area contributed by atoms with Crippen molar-refractivity contribution in [3.05, 3.63) is 218 Å². The van der Waals surface area contributed by atoms with E-state index in [9.17, 15) is 0 Å². The molecule has 12 rings (SSSR count). The fourth-order valence-electron chi connectivity index (χ4n) is 8.80. The van der Waals surface area contributed by atoms with Crippen molar-refractivity contribution in [2.24, 2.45) is 0 Å². The van der Waals surface area contributed by atoms with Crippen LogP contribution in [0.4, 0.5) is 0 Å². The zero-order chi connectivity index (χ0) is 41.0. The van der Waals surface area contributed by atoms with Gasteiger partial charge in [-0.3, -0.25) is 0 Å². The normalized spacial score (nSPS) is 11.5. The smallest absolute Gasteiger partial charge is 0.164 e. The zero-order valence-corrected chi connectivity index (χ0v) is 33.5. The van der Waals surface area contributed by atoms with E-state index in [-0.39, 0.29) is 0 Å². The number of rotatable bonds is 7. The average Bonchev–Trinajstić information content (AvgIpc) is 3.89. The van der Waals surface area contributed by atoms with E-state index in [4.69, 9.17) is 19.4 Å². The molecule has 0 aliphatic heterocycles. The van der Waals surface area contributed by atoms with Crippen molar-refractivity contribution >= 4 is 43.7 Å². The highest BCUT2D eigenvalue weighted by molar-refractivity contribution is 6.11. The van der Waals surface area contributed by atoms with Gasteiger partial charge in [-0.25, -0.2) is 15.0 Å². The Morgan fingerprint density at radius 2 is 0.774 bits per heavy atom. The first kappa shape index (κ1) is 35.5. The maximum Gasteiger partial charge on any atom is 0.164 e. The van der Waals surface area contributed by atoms with E-state index in [0.29, 0.717) is 17.5 Å². The fraction of sp³-hybridized carbons (Fsp3) is 0. The van der Waals surface area contributed by atoms with Crippen molar-refractivity contribution < 1.29 is 4.42 Å². The van der Waals surface area contributed by atoms with Crippen LogP contribution in [0, 0.1) is 0 Å². The molecule has 0 spiro atoms. The average molecular weight is 793 g/mol. The molecule has 5 heteroatoms. The summed E-state index contributed by atoms with van der Waals surface area (Å²) in [4.78, 5) is 15.4. The summed E-state index contributed by atoms with van der Waals surface area (Å²) >= 11 is 0. The minimum Gasteiger partial charge on any atom is -0.456 e. The zero-order valence-electron chi connectivity index (χ0n) is 33.5. The summed E-state index contributed by atoms with van der Waals surface area (Å²) in [5, 5.41) is 4.56. The van der Waals surface area contributed by atoms with Crippen LogP contribution in [-0.2, 0) is 0 Å². The van der Waals surface area contributed by atoms with Gasteiger partial charge in [0.25, 0.3) is 0 Å². The van der Waals surface area contributed by atoms with Gasteiger partial charge >= 0.3 is 0 Å². The van der Waals surface area contributed by atoms with Gasteiger partial charge in [-0.15, -0.1) is 0 Å². The summed E-state index contributed by atoms with van der Waals surface area (Å²) in [6, 6.07) is 76.4. The summed E-state index contributed by atoms with van der Waals surface area (Å²) in [6.45, 7) is 0. The molecule has 0 fully saturated rings. The molecule has 9 aromatic carbocycles. The fourth-order valence-corrected chi connectivity index (χ4v) is 8.80. The van der Waals surface area contributed by atoms with Crippen molar-refractivity contribution in [1.82, 2.24) is 19.5 Å². The van der Waals surface area contributed by atoms with E-state index >= 15 is 0 Å². The summed E-state index contributed by atoms with van der Waals surface area (Å²) in [7, 11) is 0. The quantitative estimate of drug-likeness (QED) is 0.161. The highest BCUT2D eigenvalue weighted by Crippen LogP contribution is 2.39. The SMILES string of the molecule is c1ccc(-c2cc(-c3ccccc3)cc(-c3nc(-c4ccccc4)nc(-c4ccc5c(c4)oc4ccc(-c6ccc7c8ccccc8n(-c8ccccc8)c7c6)cc45)n3)c2)cc1. The molecular formula is C57H36N4O. The number of benzene rings is 9. The lowest BCUT2D eigenvalue weighted by atomic mass is 9.96. The summed E-state index contributed by atoms with van der Waals surface area (Å²) in [5.74, 6) is 1.78. The molecule has 0 atom stereocenters. The monoisotopic (exact) mass is 792 g/mol. The third-order valence-corrected chi connectivity index (χ3v) is 11.8. The topological polar surface area (TPSA) is 56.7 Å². The van der Waals surface area contributed by atoms with E-state index in [1.807, 2.05) is 42.5 Å². The van der Waals surface area contributed by atoms with E-state index in [0.717, 1.165) is 77.7 Å². The lowest BCUT2D eigenvalue weighted by Gasteiger charge is -2.12. The summed E-state index contributed by atoms with van der Waals surface area (Å²) in [5.41, 5.74) is 14.5. The van der Waals surface area contributed by atoms with Gasteiger partial charge in [-0.1, -0.05) is 152 Å². The second-order valence-corrected chi connectivity index (χ2v) is 15.6. The Balaban J connectivity index is 0.975. The molecule has 0 unspecified atom stereocenters. The van der Waals surface area contributed by atoms with Crippen molar-refractivity contribution in [1.29, 1.82) is 0 Å². The number of furan rings is 1. The van der Waals surface area contributed by atoms with E-state index in [1.54, 1.807) is 0 Å². The molecule has 0 bridgehead atoms. The van der Waals surface area contributed by atoms with Gasteiger partial charge in [0, 0.05) is 43.9 Å². The first-order valence-corrected chi connectivity index (χ1v) is 20.8. The van der Waals surface area contributed by atoms with Crippen LogP contribution in [0.5, 0.6) is 0 Å². The van der Waals surface area contributed by atoms with Gasteiger partial charge < -0.3 is 8.98 Å². The lowest BCUT2D eigenvalue weighted by Crippen LogP contribution is -2.00. The number of hydrogen-bond acceptors (Lipinski definition) is 4. The highest BCUT2D eigenvalue weighted by Gasteiger charge is 2.18. The number of nitrogens with zero attached hydrogens (tertiary/aromatic N) is 4. The Hall–Kier alpha value is -8.41. The molecule has 3 heterocycles.